The van der Waals surface area contributed by atoms with Crippen LogP contribution in [-0.2, 0) is 13.0 Å². The van der Waals surface area contributed by atoms with Gasteiger partial charge in [-0.05, 0) is 18.6 Å². The van der Waals surface area contributed by atoms with Gasteiger partial charge in [-0.15, -0.1) is 0 Å². The van der Waals surface area contributed by atoms with E-state index in [0.29, 0.717) is 18.7 Å². The number of nitrogens with one attached hydrogen (secondary N) is 1. The van der Waals surface area contributed by atoms with Crippen LogP contribution >= 0.6 is 0 Å². The Balaban J connectivity index is 2.11. The highest BCUT2D eigenvalue weighted by atomic mass is 19.1. The number of nitrogens with zero attached hydrogens (tertiary/aromatic N) is 4. The molecule has 106 valence electrons. The second-order valence-corrected chi connectivity index (χ2v) is 4.57. The molecule has 0 bridgehead atoms. The van der Waals surface area contributed by atoms with Gasteiger partial charge in [0.15, 0.2) is 11.6 Å². The molecule has 1 N–H and O–H groups in total. The van der Waals surface area contributed by atoms with Crippen molar-refractivity contribution in [2.75, 3.05) is 24.3 Å². The number of aromatic nitrogens is 3. The van der Waals surface area contributed by atoms with E-state index in [9.17, 15) is 4.39 Å². The van der Waals surface area contributed by atoms with Crippen LogP contribution in [0.25, 0.3) is 0 Å². The van der Waals surface area contributed by atoms with Crippen molar-refractivity contribution < 1.29 is 4.39 Å². The molecule has 0 aliphatic carbocycles. The zero-order valence-corrected chi connectivity index (χ0v) is 11.9. The third-order valence-electron chi connectivity index (χ3n) is 2.88. The molecule has 0 unspecified atom stereocenters. The molecule has 20 heavy (non-hydrogen) atoms. The predicted octanol–water partition coefficient (Wildman–Crippen LogP) is 2.25. The normalized spacial score (nSPS) is 10.4. The monoisotopic (exact) mass is 275 g/mol. The summed E-state index contributed by atoms with van der Waals surface area (Å²) in [6.45, 7) is 2.27. The molecule has 0 saturated heterocycles. The molecule has 0 amide bonds. The van der Waals surface area contributed by atoms with E-state index in [-0.39, 0.29) is 5.82 Å². The molecular weight excluding hydrogens is 257 g/mol. The summed E-state index contributed by atoms with van der Waals surface area (Å²) in [7, 11) is 3.86. The standard InChI is InChI=1S/C14H18FN5/c1-4-11-13(15)14(18-9-17-11)16-8-10-6-5-7-12(19-10)20(2)3/h5-7,9H,4,8H2,1-3H3,(H,16,17,18). The molecule has 0 saturated carbocycles. The summed E-state index contributed by atoms with van der Waals surface area (Å²) in [5.74, 6) is 0.689. The molecule has 2 aromatic heterocycles. The zero-order chi connectivity index (χ0) is 14.5. The van der Waals surface area contributed by atoms with Crippen molar-refractivity contribution in [3.63, 3.8) is 0 Å². The average Bonchev–Trinajstić information content (AvgIpc) is 2.46. The first-order chi connectivity index (χ1) is 9.61. The molecule has 0 spiro atoms. The van der Waals surface area contributed by atoms with Gasteiger partial charge < -0.3 is 10.2 Å². The molecule has 0 radical (unpaired) electrons. The lowest BCUT2D eigenvalue weighted by atomic mass is 10.3. The van der Waals surface area contributed by atoms with Crippen LogP contribution in [0, 0.1) is 5.82 Å². The van der Waals surface area contributed by atoms with Crippen LogP contribution in [0.5, 0.6) is 0 Å². The minimum atomic E-state index is -0.390. The molecule has 0 aromatic carbocycles. The molecule has 0 aliphatic rings. The van der Waals surface area contributed by atoms with Crippen LogP contribution in [0.15, 0.2) is 24.5 Å². The van der Waals surface area contributed by atoms with Gasteiger partial charge in [-0.25, -0.2) is 19.3 Å². The third kappa shape index (κ3) is 3.20. The van der Waals surface area contributed by atoms with Crippen LogP contribution in [0.2, 0.25) is 0 Å². The van der Waals surface area contributed by atoms with Gasteiger partial charge in [-0.2, -0.15) is 0 Å². The van der Waals surface area contributed by atoms with E-state index in [0.717, 1.165) is 11.5 Å². The van der Waals surface area contributed by atoms with Gasteiger partial charge in [-0.1, -0.05) is 13.0 Å². The first-order valence-electron chi connectivity index (χ1n) is 6.48. The maximum Gasteiger partial charge on any atom is 0.186 e. The van der Waals surface area contributed by atoms with E-state index >= 15 is 0 Å². The van der Waals surface area contributed by atoms with E-state index in [1.54, 1.807) is 0 Å². The van der Waals surface area contributed by atoms with Crippen molar-refractivity contribution in [1.82, 2.24) is 15.0 Å². The predicted molar refractivity (Wildman–Crippen MR) is 77.3 cm³/mol. The number of aryl methyl sites for hydroxylation is 1. The van der Waals surface area contributed by atoms with Crippen molar-refractivity contribution in [2.45, 2.75) is 19.9 Å². The lowest BCUT2D eigenvalue weighted by molar-refractivity contribution is 0.596. The van der Waals surface area contributed by atoms with Crippen molar-refractivity contribution in [3.05, 3.63) is 41.7 Å². The minimum absolute atomic E-state index is 0.217. The number of pyridine rings is 1. The fourth-order valence-electron chi connectivity index (χ4n) is 1.76. The summed E-state index contributed by atoms with van der Waals surface area (Å²) in [6, 6.07) is 5.73. The Bertz CT molecular complexity index is 586. The average molecular weight is 275 g/mol. The smallest absolute Gasteiger partial charge is 0.186 e. The Kier molecular flexibility index (Phi) is 4.45. The summed E-state index contributed by atoms with van der Waals surface area (Å²) >= 11 is 0. The zero-order valence-electron chi connectivity index (χ0n) is 11.9. The number of rotatable bonds is 5. The van der Waals surface area contributed by atoms with Crippen LogP contribution in [0.3, 0.4) is 0 Å². The SMILES string of the molecule is CCc1ncnc(NCc2cccc(N(C)C)n2)c1F. The first-order valence-corrected chi connectivity index (χ1v) is 6.48. The van der Waals surface area contributed by atoms with Crippen molar-refractivity contribution >= 4 is 11.6 Å². The van der Waals surface area contributed by atoms with E-state index in [2.05, 4.69) is 20.3 Å². The minimum Gasteiger partial charge on any atom is -0.363 e. The Morgan fingerprint density at radius 2 is 2.05 bits per heavy atom. The van der Waals surface area contributed by atoms with Crippen LogP contribution in [-0.4, -0.2) is 29.0 Å². The van der Waals surface area contributed by atoms with E-state index in [4.69, 9.17) is 0 Å². The fraction of sp³-hybridized carbons (Fsp3) is 0.357. The third-order valence-corrected chi connectivity index (χ3v) is 2.88. The first kappa shape index (κ1) is 14.2. The molecule has 2 heterocycles. The van der Waals surface area contributed by atoms with Crippen LogP contribution in [0.1, 0.15) is 18.3 Å². The van der Waals surface area contributed by atoms with Crippen molar-refractivity contribution in [2.24, 2.45) is 0 Å². The fourth-order valence-corrected chi connectivity index (χ4v) is 1.76. The quantitative estimate of drug-likeness (QED) is 0.907. The van der Waals surface area contributed by atoms with E-state index < -0.39 is 5.82 Å². The highest BCUT2D eigenvalue weighted by Gasteiger charge is 2.09. The van der Waals surface area contributed by atoms with Gasteiger partial charge in [0.2, 0.25) is 0 Å². The number of halogens is 1. The number of hydrogen-bond acceptors (Lipinski definition) is 5. The molecule has 5 nitrogen and oxygen atoms in total. The Morgan fingerprint density at radius 1 is 1.25 bits per heavy atom. The van der Waals surface area contributed by atoms with Crippen molar-refractivity contribution in [3.8, 4) is 0 Å². The number of hydrogen-bond donors (Lipinski definition) is 1. The topological polar surface area (TPSA) is 53.9 Å². The highest BCUT2D eigenvalue weighted by molar-refractivity contribution is 5.40. The lowest BCUT2D eigenvalue weighted by Gasteiger charge is -2.13. The molecule has 0 aliphatic heterocycles. The largest absolute Gasteiger partial charge is 0.363 e. The number of anilines is 2. The molecule has 0 fully saturated rings. The van der Waals surface area contributed by atoms with Gasteiger partial charge in [0.25, 0.3) is 0 Å². The molecule has 2 aromatic rings. The Hall–Kier alpha value is -2.24. The molecule has 2 rings (SSSR count). The summed E-state index contributed by atoms with van der Waals surface area (Å²) < 4.78 is 14.0. The van der Waals surface area contributed by atoms with Crippen LogP contribution < -0.4 is 10.2 Å². The van der Waals surface area contributed by atoms with Crippen molar-refractivity contribution in [1.29, 1.82) is 0 Å². The maximum absolute atomic E-state index is 14.0. The van der Waals surface area contributed by atoms with Gasteiger partial charge in [0, 0.05) is 14.1 Å². The van der Waals surface area contributed by atoms with Crippen LogP contribution in [0.4, 0.5) is 16.0 Å². The summed E-state index contributed by atoms with van der Waals surface area (Å²) in [5.41, 5.74) is 1.24. The van der Waals surface area contributed by atoms with Gasteiger partial charge >= 0.3 is 0 Å². The second-order valence-electron chi connectivity index (χ2n) is 4.57. The Morgan fingerprint density at radius 3 is 2.75 bits per heavy atom. The molecular formula is C14H18FN5. The van der Waals surface area contributed by atoms with Gasteiger partial charge in [-0.3, -0.25) is 0 Å². The summed E-state index contributed by atoms with van der Waals surface area (Å²) in [6.07, 6.45) is 1.91. The van der Waals surface area contributed by atoms with Gasteiger partial charge in [0.1, 0.15) is 12.1 Å². The molecule has 0 atom stereocenters. The van der Waals surface area contributed by atoms with Gasteiger partial charge in [0.05, 0.1) is 17.9 Å². The Labute approximate surface area is 117 Å². The highest BCUT2D eigenvalue weighted by Crippen LogP contribution is 2.15. The maximum atomic E-state index is 14.0. The summed E-state index contributed by atoms with van der Waals surface area (Å²) in [5, 5.41) is 2.96. The van der Waals surface area contributed by atoms with E-state index in [1.807, 2.05) is 44.1 Å². The lowest BCUT2D eigenvalue weighted by Crippen LogP contribution is -2.13. The second kappa shape index (κ2) is 6.27. The summed E-state index contributed by atoms with van der Waals surface area (Å²) in [4.78, 5) is 14.2. The van der Waals surface area contributed by atoms with E-state index in [1.165, 1.54) is 6.33 Å². The molecule has 6 heteroatoms.